The number of nitrogens with zero attached hydrogens (tertiary/aromatic N) is 2. The number of rotatable bonds is 2. The van der Waals surface area contributed by atoms with Gasteiger partial charge in [0.05, 0.1) is 9.21 Å². The average molecular weight is 225 g/mol. The van der Waals surface area contributed by atoms with Crippen molar-refractivity contribution in [3.63, 3.8) is 0 Å². The number of halogens is 1. The Bertz CT molecular complexity index is 455. The van der Waals surface area contributed by atoms with Crippen molar-refractivity contribution in [3.8, 4) is 0 Å². The summed E-state index contributed by atoms with van der Waals surface area (Å²) in [4.78, 5) is 20.0. The van der Waals surface area contributed by atoms with Crippen molar-refractivity contribution in [1.82, 2.24) is 9.97 Å². The van der Waals surface area contributed by atoms with Crippen LogP contribution in [0.2, 0.25) is 4.34 Å². The maximum atomic E-state index is 11.7. The second-order valence-electron chi connectivity index (χ2n) is 2.51. The lowest BCUT2D eigenvalue weighted by molar-refractivity contribution is 0.103. The van der Waals surface area contributed by atoms with E-state index in [9.17, 15) is 4.79 Å². The molecule has 0 saturated carbocycles. The van der Waals surface area contributed by atoms with Crippen LogP contribution in [0.15, 0.2) is 30.6 Å². The van der Waals surface area contributed by atoms with Crippen LogP contribution in [0.3, 0.4) is 0 Å². The average Bonchev–Trinajstić information content (AvgIpc) is 2.65. The normalized spacial score (nSPS) is 10.1. The Morgan fingerprint density at radius 3 is 2.57 bits per heavy atom. The molecule has 14 heavy (non-hydrogen) atoms. The van der Waals surface area contributed by atoms with Crippen LogP contribution in [0, 0.1) is 0 Å². The largest absolute Gasteiger partial charge is 0.284 e. The number of hydrogen-bond donors (Lipinski definition) is 0. The smallest absolute Gasteiger partial charge is 0.240 e. The maximum Gasteiger partial charge on any atom is 0.240 e. The highest BCUT2D eigenvalue weighted by Gasteiger charge is 2.13. The monoisotopic (exact) mass is 224 g/mol. The predicted octanol–water partition coefficient (Wildman–Crippen LogP) is 2.42. The molecule has 70 valence electrons. The maximum absolute atomic E-state index is 11.7. The summed E-state index contributed by atoms with van der Waals surface area (Å²) in [6.07, 6.45) is 3.07. The van der Waals surface area contributed by atoms with Crippen molar-refractivity contribution >= 4 is 28.7 Å². The first-order chi connectivity index (χ1) is 6.77. The van der Waals surface area contributed by atoms with E-state index in [-0.39, 0.29) is 11.6 Å². The lowest BCUT2D eigenvalue weighted by atomic mass is 10.3. The highest BCUT2D eigenvalue weighted by molar-refractivity contribution is 7.18. The summed E-state index contributed by atoms with van der Waals surface area (Å²) >= 11 is 6.94. The second-order valence-corrected chi connectivity index (χ2v) is 4.22. The summed E-state index contributed by atoms with van der Waals surface area (Å²) < 4.78 is 0.587. The van der Waals surface area contributed by atoms with E-state index in [2.05, 4.69) is 9.97 Å². The molecule has 5 heteroatoms. The van der Waals surface area contributed by atoms with Gasteiger partial charge in [0, 0.05) is 12.4 Å². The van der Waals surface area contributed by atoms with Gasteiger partial charge in [0.1, 0.15) is 0 Å². The minimum atomic E-state index is -0.192. The van der Waals surface area contributed by atoms with Gasteiger partial charge >= 0.3 is 0 Å². The second kappa shape index (κ2) is 3.86. The van der Waals surface area contributed by atoms with Crippen LogP contribution in [-0.2, 0) is 0 Å². The van der Waals surface area contributed by atoms with Crippen molar-refractivity contribution in [2.24, 2.45) is 0 Å². The summed E-state index contributed by atoms with van der Waals surface area (Å²) in [6.45, 7) is 0. The third-order valence-electron chi connectivity index (χ3n) is 1.57. The Labute approximate surface area is 89.4 Å². The van der Waals surface area contributed by atoms with Crippen LogP contribution in [0.4, 0.5) is 0 Å². The van der Waals surface area contributed by atoms with Gasteiger partial charge in [-0.25, -0.2) is 9.97 Å². The van der Waals surface area contributed by atoms with Crippen LogP contribution in [0.1, 0.15) is 15.5 Å². The number of thiophene rings is 1. The minimum absolute atomic E-state index is 0.192. The number of aromatic nitrogens is 2. The Kier molecular flexibility index (Phi) is 2.56. The molecule has 0 atom stereocenters. The fourth-order valence-corrected chi connectivity index (χ4v) is 1.94. The van der Waals surface area contributed by atoms with E-state index in [1.165, 1.54) is 23.7 Å². The van der Waals surface area contributed by atoms with Crippen molar-refractivity contribution in [2.75, 3.05) is 0 Å². The zero-order valence-electron chi connectivity index (χ0n) is 6.98. The molecule has 2 rings (SSSR count). The highest BCUT2D eigenvalue weighted by Crippen LogP contribution is 2.22. The van der Waals surface area contributed by atoms with Crippen LogP contribution < -0.4 is 0 Å². The molecule has 0 aliphatic carbocycles. The van der Waals surface area contributed by atoms with E-state index in [0.717, 1.165) is 0 Å². The predicted molar refractivity (Wildman–Crippen MR) is 54.8 cm³/mol. The molecule has 0 spiro atoms. The van der Waals surface area contributed by atoms with E-state index >= 15 is 0 Å². The van der Waals surface area contributed by atoms with Gasteiger partial charge < -0.3 is 0 Å². The van der Waals surface area contributed by atoms with Gasteiger partial charge in [0.15, 0.2) is 0 Å². The van der Waals surface area contributed by atoms with Gasteiger partial charge in [-0.3, -0.25) is 4.79 Å². The Morgan fingerprint density at radius 2 is 2.00 bits per heavy atom. The molecule has 0 saturated heterocycles. The van der Waals surface area contributed by atoms with Gasteiger partial charge in [-0.2, -0.15) is 0 Å². The van der Waals surface area contributed by atoms with E-state index < -0.39 is 0 Å². The van der Waals surface area contributed by atoms with Gasteiger partial charge in [0.25, 0.3) is 0 Å². The van der Waals surface area contributed by atoms with Crippen molar-refractivity contribution in [2.45, 2.75) is 0 Å². The molecule has 0 amide bonds. The first-order valence-corrected chi connectivity index (χ1v) is 5.04. The SMILES string of the molecule is O=C(c1ncccn1)c1ccc(Cl)s1. The standard InChI is InChI=1S/C9H5ClN2OS/c10-7-3-2-6(14-7)8(13)9-11-4-1-5-12-9/h1-5H. The molecule has 0 radical (unpaired) electrons. The minimum Gasteiger partial charge on any atom is -0.284 e. The fourth-order valence-electron chi connectivity index (χ4n) is 0.963. The lowest BCUT2D eigenvalue weighted by Gasteiger charge is -1.93. The van der Waals surface area contributed by atoms with Gasteiger partial charge in [-0.1, -0.05) is 11.6 Å². The summed E-state index contributed by atoms with van der Waals surface area (Å²) in [7, 11) is 0. The van der Waals surface area contributed by atoms with Crippen molar-refractivity contribution < 1.29 is 4.79 Å². The molecule has 2 aromatic heterocycles. The molecule has 0 aliphatic rings. The molecule has 0 unspecified atom stereocenters. The molecular weight excluding hydrogens is 220 g/mol. The Morgan fingerprint density at radius 1 is 1.29 bits per heavy atom. The molecule has 2 heterocycles. The van der Waals surface area contributed by atoms with Crippen LogP contribution in [-0.4, -0.2) is 15.8 Å². The van der Waals surface area contributed by atoms with Gasteiger partial charge in [0.2, 0.25) is 11.6 Å². The molecule has 0 N–H and O–H groups in total. The van der Waals surface area contributed by atoms with Crippen molar-refractivity contribution in [1.29, 1.82) is 0 Å². The topological polar surface area (TPSA) is 42.9 Å². The first kappa shape index (κ1) is 9.30. The molecule has 0 bridgehead atoms. The van der Waals surface area contributed by atoms with E-state index in [0.29, 0.717) is 9.21 Å². The zero-order valence-corrected chi connectivity index (χ0v) is 8.55. The van der Waals surface area contributed by atoms with Crippen LogP contribution in [0.5, 0.6) is 0 Å². The molecule has 0 aromatic carbocycles. The summed E-state index contributed by atoms with van der Waals surface area (Å²) in [6, 6.07) is 5.02. The molecule has 2 aromatic rings. The summed E-state index contributed by atoms with van der Waals surface area (Å²) in [5.74, 6) is 0.00789. The quantitative estimate of drug-likeness (QED) is 0.736. The number of carbonyl (C=O) groups excluding carboxylic acids is 1. The first-order valence-electron chi connectivity index (χ1n) is 3.84. The van der Waals surface area contributed by atoms with E-state index in [1.807, 2.05) is 0 Å². The fraction of sp³-hybridized carbons (Fsp3) is 0. The molecule has 0 aliphatic heterocycles. The van der Waals surface area contributed by atoms with Crippen LogP contribution >= 0.6 is 22.9 Å². The van der Waals surface area contributed by atoms with Crippen molar-refractivity contribution in [3.05, 3.63) is 45.6 Å². The van der Waals surface area contributed by atoms with Gasteiger partial charge in [-0.05, 0) is 18.2 Å². The van der Waals surface area contributed by atoms with E-state index in [1.54, 1.807) is 18.2 Å². The summed E-state index contributed by atoms with van der Waals surface area (Å²) in [5, 5.41) is 0. The summed E-state index contributed by atoms with van der Waals surface area (Å²) in [5.41, 5.74) is 0. The third kappa shape index (κ3) is 1.81. The molecule has 0 fully saturated rings. The Balaban J connectivity index is 2.34. The van der Waals surface area contributed by atoms with E-state index in [4.69, 9.17) is 11.6 Å². The highest BCUT2D eigenvalue weighted by atomic mass is 35.5. The zero-order chi connectivity index (χ0) is 9.97. The van der Waals surface area contributed by atoms with Crippen LogP contribution in [0.25, 0.3) is 0 Å². The number of ketones is 1. The molecular formula is C9H5ClN2OS. The lowest BCUT2D eigenvalue weighted by Crippen LogP contribution is -2.03. The third-order valence-corrected chi connectivity index (χ3v) is 2.80. The number of carbonyl (C=O) groups is 1. The molecule has 3 nitrogen and oxygen atoms in total. The Hall–Kier alpha value is -1.26. The van der Waals surface area contributed by atoms with Gasteiger partial charge in [-0.15, -0.1) is 11.3 Å². The number of hydrogen-bond acceptors (Lipinski definition) is 4.